The zero-order chi connectivity index (χ0) is 62.3. The number of aryl methyl sites for hydroxylation is 11. The zero-order valence-electron chi connectivity index (χ0n) is 54.2. The van der Waals surface area contributed by atoms with Crippen molar-refractivity contribution < 1.29 is 18.3 Å². The minimum atomic E-state index is 0.553. The van der Waals surface area contributed by atoms with Crippen LogP contribution in [0.15, 0.2) is 267 Å². The quantitative estimate of drug-likeness (QED) is 0.115. The monoisotopic (exact) mass is 1150 g/mol. The lowest BCUT2D eigenvalue weighted by molar-refractivity contribution is -0.661. The molecule has 0 aliphatic rings. The Hall–Kier alpha value is -9.64. The molecule has 0 N–H and O–H groups in total. The number of pyridine rings is 4. The highest BCUT2D eigenvalue weighted by Crippen LogP contribution is 2.32. The lowest BCUT2D eigenvalue weighted by Crippen LogP contribution is -2.31. The highest BCUT2D eigenvalue weighted by molar-refractivity contribution is 5.75. The third-order valence-corrected chi connectivity index (χ3v) is 16.8. The van der Waals surface area contributed by atoms with E-state index in [0.29, 0.717) is 5.92 Å². The van der Waals surface area contributed by atoms with E-state index in [9.17, 15) is 0 Å². The smallest absolute Gasteiger partial charge is 0.201 e. The van der Waals surface area contributed by atoms with Gasteiger partial charge in [0.2, 0.25) is 22.8 Å². The predicted molar refractivity (Wildman–Crippen MR) is 370 cm³/mol. The summed E-state index contributed by atoms with van der Waals surface area (Å²) in [5.41, 5.74) is 31.0. The van der Waals surface area contributed by atoms with Crippen molar-refractivity contribution in [3.05, 3.63) is 312 Å². The van der Waals surface area contributed by atoms with Gasteiger partial charge in [-0.05, 0) is 168 Å². The van der Waals surface area contributed by atoms with Crippen molar-refractivity contribution in [2.45, 2.75) is 81.1 Å². The molecule has 12 rings (SSSR count). The average molecular weight is 1150 g/mol. The number of hydrogen-bond acceptors (Lipinski definition) is 0. The van der Waals surface area contributed by atoms with Crippen LogP contribution in [0, 0.1) is 34.6 Å². The maximum atomic E-state index is 2.30. The van der Waals surface area contributed by atoms with Gasteiger partial charge in [-0.3, -0.25) is 0 Å². The molecule has 0 saturated heterocycles. The van der Waals surface area contributed by atoms with Crippen LogP contribution >= 0.6 is 0 Å². The molecule has 0 aliphatic heterocycles. The third-order valence-electron chi connectivity index (χ3n) is 16.8. The van der Waals surface area contributed by atoms with Crippen molar-refractivity contribution >= 4 is 0 Å². The lowest BCUT2D eigenvalue weighted by atomic mass is 9.97. The molecule has 4 nitrogen and oxygen atoms in total. The van der Waals surface area contributed by atoms with Crippen LogP contribution in [0.1, 0.15) is 78.1 Å². The molecule has 8 aromatic carbocycles. The Morgan fingerprint density at radius 1 is 0.284 bits per heavy atom. The molecule has 4 heteroatoms. The first-order valence-corrected chi connectivity index (χ1v) is 31.2. The summed E-state index contributed by atoms with van der Waals surface area (Å²) >= 11 is 0. The van der Waals surface area contributed by atoms with Gasteiger partial charge in [0.05, 0.1) is 0 Å². The fourth-order valence-corrected chi connectivity index (χ4v) is 11.5. The number of rotatable bonds is 11. The van der Waals surface area contributed by atoms with Gasteiger partial charge in [-0.1, -0.05) is 198 Å². The molecule has 440 valence electrons. The fourth-order valence-electron chi connectivity index (χ4n) is 11.5. The first-order chi connectivity index (χ1) is 42.6. The Morgan fingerprint density at radius 3 is 0.966 bits per heavy atom. The topological polar surface area (TPSA) is 15.5 Å². The first kappa shape index (κ1) is 62.9. The lowest BCUT2D eigenvalue weighted by Gasteiger charge is -2.09. The van der Waals surface area contributed by atoms with Crippen LogP contribution in [0.4, 0.5) is 0 Å². The Kier molecular flexibility index (Phi) is 21.2. The molecule has 0 bridgehead atoms. The summed E-state index contributed by atoms with van der Waals surface area (Å²) in [6.45, 7) is 19.7. The van der Waals surface area contributed by atoms with Gasteiger partial charge in [0, 0.05) is 69.8 Å². The third kappa shape index (κ3) is 15.7. The Labute approximate surface area is 526 Å². The molecular weight excluding hydrogens is 1060 g/mol. The van der Waals surface area contributed by atoms with Gasteiger partial charge in [0.25, 0.3) is 0 Å². The molecule has 88 heavy (non-hydrogen) atoms. The van der Waals surface area contributed by atoms with Crippen molar-refractivity contribution in [3.63, 3.8) is 0 Å². The molecule has 0 saturated carbocycles. The molecule has 0 radical (unpaired) electrons. The van der Waals surface area contributed by atoms with Crippen LogP contribution in [0.5, 0.6) is 0 Å². The SMILES string of the molecule is CCc1cc[n+](C)c(-c2ccc(-c3ccccc3)cc2C)c1.CCc1ccc(-c2ccc(-c3ccccc3)cc2C)[n+](C)c1.Cc1cc(-c2ccccc2)ccc1-c1ccc(C(C)C)c[n+]1C.Cc1cc[n+](C)c(-c2ccc(-c3ccccc3)cc2C)c1. The highest BCUT2D eigenvalue weighted by atomic mass is 14.9. The van der Waals surface area contributed by atoms with E-state index in [4.69, 9.17) is 0 Å². The van der Waals surface area contributed by atoms with Gasteiger partial charge in [-0.15, -0.1) is 0 Å². The summed E-state index contributed by atoms with van der Waals surface area (Å²) in [6.07, 6.45) is 10.9. The van der Waals surface area contributed by atoms with Crippen LogP contribution in [-0.4, -0.2) is 0 Å². The number of aromatic nitrogens is 4. The summed E-state index contributed by atoms with van der Waals surface area (Å²) in [5, 5.41) is 0. The summed E-state index contributed by atoms with van der Waals surface area (Å²) < 4.78 is 8.84. The summed E-state index contributed by atoms with van der Waals surface area (Å²) in [5.74, 6) is 0.553. The molecule has 4 aromatic heterocycles. The normalized spacial score (nSPS) is 10.8. The molecule has 0 aliphatic carbocycles. The summed E-state index contributed by atoms with van der Waals surface area (Å²) in [6, 6.07) is 86.9. The number of nitrogens with zero attached hydrogens (tertiary/aromatic N) is 4. The van der Waals surface area contributed by atoms with Crippen molar-refractivity contribution in [3.8, 4) is 89.5 Å². The van der Waals surface area contributed by atoms with Gasteiger partial charge >= 0.3 is 0 Å². The maximum absolute atomic E-state index is 2.30. The Morgan fingerprint density at radius 2 is 0.625 bits per heavy atom. The fraction of sp³-hybridized carbons (Fsp3) is 0.190. The van der Waals surface area contributed by atoms with Crippen LogP contribution in [-0.2, 0) is 41.0 Å². The first-order valence-electron chi connectivity index (χ1n) is 31.2. The Bertz CT molecular complexity index is 4280. The van der Waals surface area contributed by atoms with Gasteiger partial charge in [-0.25, -0.2) is 18.3 Å². The molecule has 0 fully saturated rings. The molecular formula is C84H88N4+4. The van der Waals surface area contributed by atoms with Crippen LogP contribution in [0.25, 0.3) is 89.5 Å². The molecule has 0 atom stereocenters. The van der Waals surface area contributed by atoms with E-state index in [2.05, 4.69) is 376 Å². The van der Waals surface area contributed by atoms with Crippen molar-refractivity contribution in [1.29, 1.82) is 0 Å². The molecule has 0 unspecified atom stereocenters. The predicted octanol–water partition coefficient (Wildman–Crippen LogP) is 19.2. The van der Waals surface area contributed by atoms with Gasteiger partial charge < -0.3 is 0 Å². The van der Waals surface area contributed by atoms with Crippen molar-refractivity contribution in [1.82, 2.24) is 0 Å². The second-order valence-corrected chi connectivity index (χ2v) is 23.7. The standard InChI is InChI=1S/C22H24N.2C21H22N.C20H20N/c1-16(2)20-11-13-22(23(4)15-20)21-12-10-19(14-17(21)3)18-8-6-5-7-9-18;1-4-17-10-13-21(22(3)15-17)20-12-11-19(14-16(20)2)18-8-6-5-7-9-18;1-4-17-12-13-22(3)21(15-17)20-11-10-19(14-16(20)2)18-8-6-5-7-9-18;1-15-11-12-21(3)20(13-15)19-10-9-18(14-16(19)2)17-7-5-4-6-8-17/h5-16H,1-4H3;2*5-15H,4H2,1-3H3;4-14H,1-3H3/q4*+1. The average Bonchev–Trinajstić information content (AvgIpc) is 3.09. The molecule has 0 spiro atoms. The largest absolute Gasteiger partial charge is 0.212 e. The minimum absolute atomic E-state index is 0.553. The van der Waals surface area contributed by atoms with E-state index in [1.54, 1.807) is 0 Å². The van der Waals surface area contributed by atoms with Gasteiger partial charge in [0.15, 0.2) is 24.8 Å². The number of hydrogen-bond donors (Lipinski definition) is 0. The van der Waals surface area contributed by atoms with E-state index < -0.39 is 0 Å². The molecule has 12 aromatic rings. The van der Waals surface area contributed by atoms with Crippen molar-refractivity contribution in [2.75, 3.05) is 0 Å². The second-order valence-electron chi connectivity index (χ2n) is 23.7. The van der Waals surface area contributed by atoms with Crippen LogP contribution in [0.3, 0.4) is 0 Å². The van der Waals surface area contributed by atoms with E-state index in [1.165, 1.54) is 134 Å². The zero-order valence-corrected chi connectivity index (χ0v) is 54.2. The molecule has 0 amide bonds. The summed E-state index contributed by atoms with van der Waals surface area (Å²) in [7, 11) is 8.46. The second kappa shape index (κ2) is 29.6. The van der Waals surface area contributed by atoms with E-state index in [1.807, 2.05) is 0 Å². The van der Waals surface area contributed by atoms with Crippen molar-refractivity contribution in [2.24, 2.45) is 28.2 Å². The van der Waals surface area contributed by atoms with E-state index in [-0.39, 0.29) is 0 Å². The number of benzene rings is 8. The van der Waals surface area contributed by atoms with Crippen LogP contribution in [0.2, 0.25) is 0 Å². The van der Waals surface area contributed by atoms with E-state index in [0.717, 1.165) is 12.8 Å². The highest BCUT2D eigenvalue weighted by Gasteiger charge is 2.18. The maximum Gasteiger partial charge on any atom is 0.212 e. The minimum Gasteiger partial charge on any atom is -0.201 e. The molecule has 4 heterocycles. The van der Waals surface area contributed by atoms with Crippen LogP contribution < -0.4 is 18.3 Å². The van der Waals surface area contributed by atoms with Gasteiger partial charge in [-0.2, -0.15) is 0 Å². The Balaban J connectivity index is 0.000000140. The summed E-state index contributed by atoms with van der Waals surface area (Å²) in [4.78, 5) is 0. The van der Waals surface area contributed by atoms with Gasteiger partial charge in [0.1, 0.15) is 28.2 Å². The van der Waals surface area contributed by atoms with E-state index >= 15 is 0 Å².